The van der Waals surface area contributed by atoms with Crippen molar-refractivity contribution in [2.45, 2.75) is 26.3 Å². The minimum atomic E-state index is 0.305. The number of aliphatic hydroxyl groups is 1. The number of aliphatic hydroxyl groups excluding tert-OH is 1. The third kappa shape index (κ3) is 1.74. The van der Waals surface area contributed by atoms with Gasteiger partial charge >= 0.3 is 0 Å². The van der Waals surface area contributed by atoms with Crippen LogP contribution in [0.4, 0.5) is 0 Å². The van der Waals surface area contributed by atoms with Gasteiger partial charge in [-0.05, 0) is 0 Å². The van der Waals surface area contributed by atoms with E-state index in [2.05, 4.69) is 27.9 Å². The van der Waals surface area contributed by atoms with Crippen molar-refractivity contribution in [3.63, 3.8) is 0 Å². The first kappa shape index (κ1) is 9.01. The highest BCUT2D eigenvalue weighted by atomic mass is 16.3. The predicted octanol–water partition coefficient (Wildman–Crippen LogP) is 0.854. The lowest BCUT2D eigenvalue weighted by Gasteiger charge is -2.30. The molecular weight excluding hydrogens is 138 g/mol. The Bertz CT molecular complexity index is 152. The third-order valence-electron chi connectivity index (χ3n) is 2.98. The van der Waals surface area contributed by atoms with E-state index in [1.165, 1.54) is 6.42 Å². The second-order valence-electron chi connectivity index (χ2n) is 4.93. The Morgan fingerprint density at radius 3 is 2.18 bits per heavy atom. The lowest BCUT2D eigenvalue weighted by atomic mass is 10.1. The van der Waals surface area contributed by atoms with E-state index >= 15 is 0 Å². The van der Waals surface area contributed by atoms with E-state index in [4.69, 9.17) is 5.11 Å². The molecular formula is C9H20NO+. The van der Waals surface area contributed by atoms with Crippen LogP contribution in [-0.4, -0.2) is 42.9 Å². The summed E-state index contributed by atoms with van der Waals surface area (Å²) in [6.45, 7) is 5.79. The average Bonchev–Trinajstić information content (AvgIpc) is 2.41. The van der Waals surface area contributed by atoms with Gasteiger partial charge in [-0.15, -0.1) is 0 Å². The number of rotatable bonds is 3. The third-order valence-corrected chi connectivity index (χ3v) is 2.98. The molecule has 66 valence electrons. The van der Waals surface area contributed by atoms with E-state index < -0.39 is 0 Å². The summed E-state index contributed by atoms with van der Waals surface area (Å²) in [6, 6.07) is 0.759. The van der Waals surface area contributed by atoms with Crippen LogP contribution in [0.2, 0.25) is 0 Å². The Hall–Kier alpha value is -0.0800. The summed E-state index contributed by atoms with van der Waals surface area (Å²) in [4.78, 5) is 0. The Morgan fingerprint density at radius 1 is 1.45 bits per heavy atom. The molecule has 0 aliphatic heterocycles. The maximum Gasteiger partial charge on any atom is 0.102 e. The Balaban J connectivity index is 2.48. The molecule has 1 saturated carbocycles. The molecule has 11 heavy (non-hydrogen) atoms. The van der Waals surface area contributed by atoms with E-state index in [0.29, 0.717) is 12.0 Å². The molecule has 0 unspecified atom stereocenters. The molecule has 0 spiro atoms. The van der Waals surface area contributed by atoms with Gasteiger partial charge in [-0.25, -0.2) is 0 Å². The molecule has 2 nitrogen and oxygen atoms in total. The van der Waals surface area contributed by atoms with Gasteiger partial charge in [0.15, 0.2) is 0 Å². The van der Waals surface area contributed by atoms with Crippen LogP contribution < -0.4 is 0 Å². The van der Waals surface area contributed by atoms with Crippen molar-refractivity contribution in [1.82, 2.24) is 0 Å². The number of hydrogen-bond acceptors (Lipinski definition) is 1. The zero-order chi connectivity index (χ0) is 8.70. The van der Waals surface area contributed by atoms with Crippen molar-refractivity contribution in [2.24, 2.45) is 5.41 Å². The monoisotopic (exact) mass is 158 g/mol. The molecule has 0 saturated heterocycles. The van der Waals surface area contributed by atoms with Crippen LogP contribution in [0.3, 0.4) is 0 Å². The lowest BCUT2D eigenvalue weighted by Crippen LogP contribution is -2.45. The number of quaternary nitrogens is 1. The van der Waals surface area contributed by atoms with Crippen molar-refractivity contribution in [3.05, 3.63) is 0 Å². The van der Waals surface area contributed by atoms with E-state index in [1.807, 2.05) is 0 Å². The quantitative estimate of drug-likeness (QED) is 0.604. The van der Waals surface area contributed by atoms with E-state index in [9.17, 15) is 0 Å². The van der Waals surface area contributed by atoms with E-state index in [0.717, 1.165) is 17.1 Å². The van der Waals surface area contributed by atoms with Gasteiger partial charge in [-0.2, -0.15) is 0 Å². The SMILES string of the molecule is CC1(C)C[C@@H]1[N+](C)(C)CCO. The summed E-state index contributed by atoms with van der Waals surface area (Å²) >= 11 is 0. The molecule has 2 heteroatoms. The first-order valence-electron chi connectivity index (χ1n) is 4.34. The van der Waals surface area contributed by atoms with Crippen LogP contribution in [0, 0.1) is 5.41 Å². The van der Waals surface area contributed by atoms with Gasteiger partial charge in [-0.1, -0.05) is 13.8 Å². The molecule has 0 amide bonds. The van der Waals surface area contributed by atoms with Crippen molar-refractivity contribution < 1.29 is 9.59 Å². The second kappa shape index (κ2) is 2.46. The highest BCUT2D eigenvalue weighted by Gasteiger charge is 2.55. The minimum Gasteiger partial charge on any atom is -0.391 e. The molecule has 1 rings (SSSR count). The molecule has 0 aromatic heterocycles. The fourth-order valence-corrected chi connectivity index (χ4v) is 2.05. The van der Waals surface area contributed by atoms with Crippen LogP contribution in [0.15, 0.2) is 0 Å². The summed E-state index contributed by atoms with van der Waals surface area (Å²) in [5, 5.41) is 8.83. The molecule has 1 fully saturated rings. The zero-order valence-electron chi connectivity index (χ0n) is 8.09. The highest BCUT2D eigenvalue weighted by molar-refractivity contribution is 4.96. The molecule has 1 atom stereocenters. The summed E-state index contributed by atoms with van der Waals surface area (Å²) in [7, 11) is 4.41. The van der Waals surface area contributed by atoms with Crippen LogP contribution >= 0.6 is 0 Å². The Kier molecular flexibility index (Phi) is 2.01. The summed E-state index contributed by atoms with van der Waals surface area (Å²) in [5.74, 6) is 0. The van der Waals surface area contributed by atoms with E-state index in [-0.39, 0.29) is 0 Å². The normalized spacial score (nSPS) is 28.6. The molecule has 1 aliphatic rings. The molecule has 0 aromatic rings. The van der Waals surface area contributed by atoms with Gasteiger partial charge in [0.2, 0.25) is 0 Å². The average molecular weight is 158 g/mol. The second-order valence-corrected chi connectivity index (χ2v) is 4.93. The number of hydrogen-bond donors (Lipinski definition) is 1. The van der Waals surface area contributed by atoms with Gasteiger partial charge in [0.1, 0.15) is 6.54 Å². The van der Waals surface area contributed by atoms with Crippen molar-refractivity contribution >= 4 is 0 Å². The molecule has 0 bridgehead atoms. The van der Waals surface area contributed by atoms with Crippen molar-refractivity contribution in [2.75, 3.05) is 27.2 Å². The smallest absolute Gasteiger partial charge is 0.102 e. The van der Waals surface area contributed by atoms with Crippen LogP contribution in [0.5, 0.6) is 0 Å². The fourth-order valence-electron chi connectivity index (χ4n) is 2.05. The highest BCUT2D eigenvalue weighted by Crippen LogP contribution is 2.50. The Labute approximate surface area is 69.4 Å². The van der Waals surface area contributed by atoms with Crippen molar-refractivity contribution in [1.29, 1.82) is 0 Å². The zero-order valence-corrected chi connectivity index (χ0v) is 8.09. The number of nitrogens with zero attached hydrogens (tertiary/aromatic N) is 1. The van der Waals surface area contributed by atoms with Crippen LogP contribution in [0.1, 0.15) is 20.3 Å². The maximum atomic E-state index is 8.83. The van der Waals surface area contributed by atoms with Gasteiger partial charge in [0.25, 0.3) is 0 Å². The molecule has 0 radical (unpaired) electrons. The van der Waals surface area contributed by atoms with Crippen molar-refractivity contribution in [3.8, 4) is 0 Å². The van der Waals surface area contributed by atoms with Gasteiger partial charge in [0.05, 0.1) is 26.7 Å². The molecule has 0 aromatic carbocycles. The summed E-state index contributed by atoms with van der Waals surface area (Å²) in [6.07, 6.45) is 1.31. The Morgan fingerprint density at radius 2 is 1.91 bits per heavy atom. The van der Waals surface area contributed by atoms with Gasteiger partial charge in [-0.3, -0.25) is 0 Å². The topological polar surface area (TPSA) is 20.2 Å². The standard InChI is InChI=1S/C9H20NO/c1-9(2)7-8(9)10(3,4)5-6-11/h8,11H,5-7H2,1-4H3/q+1/t8-/m0/s1. The minimum absolute atomic E-state index is 0.305. The summed E-state index contributed by atoms with van der Waals surface area (Å²) < 4.78 is 0.976. The molecule has 0 heterocycles. The molecule has 1 N–H and O–H groups in total. The predicted molar refractivity (Wildman–Crippen MR) is 46.2 cm³/mol. The lowest BCUT2D eigenvalue weighted by molar-refractivity contribution is -0.904. The first-order chi connectivity index (χ1) is 4.90. The fraction of sp³-hybridized carbons (Fsp3) is 1.00. The van der Waals surface area contributed by atoms with Gasteiger partial charge < -0.3 is 9.59 Å². The number of likely N-dealkylation sites (N-methyl/N-ethyl adjacent to an activating group) is 1. The van der Waals surface area contributed by atoms with Gasteiger partial charge in [0, 0.05) is 11.8 Å². The molecule has 1 aliphatic carbocycles. The maximum absolute atomic E-state index is 8.83. The van der Waals surface area contributed by atoms with Crippen LogP contribution in [-0.2, 0) is 0 Å². The van der Waals surface area contributed by atoms with E-state index in [1.54, 1.807) is 0 Å². The first-order valence-corrected chi connectivity index (χ1v) is 4.34. The van der Waals surface area contributed by atoms with Crippen LogP contribution in [0.25, 0.3) is 0 Å². The summed E-state index contributed by atoms with van der Waals surface area (Å²) in [5.41, 5.74) is 0.513. The largest absolute Gasteiger partial charge is 0.391 e.